The first-order valence-corrected chi connectivity index (χ1v) is 21.6. The van der Waals surface area contributed by atoms with Gasteiger partial charge in [0.15, 0.2) is 0 Å². The number of nitrogens with zero attached hydrogens (tertiary/aromatic N) is 7. The zero-order chi connectivity index (χ0) is 37.5. The van der Waals surface area contributed by atoms with Gasteiger partial charge in [0.05, 0.1) is 47.0 Å². The molecular formula is C37H50BrN10O4P. The number of benzene rings is 2. The molecule has 4 heterocycles. The van der Waals surface area contributed by atoms with Crippen LogP contribution in [-0.2, 0) is 20.5 Å². The Hall–Kier alpha value is -3.88. The molecule has 2 saturated heterocycles. The second kappa shape index (κ2) is 17.5. The van der Waals surface area contributed by atoms with Crippen LogP contribution < -0.4 is 31.3 Å². The van der Waals surface area contributed by atoms with E-state index in [1.807, 2.05) is 12.1 Å². The molecule has 2 aliphatic rings. The summed E-state index contributed by atoms with van der Waals surface area (Å²) in [5, 5.41) is 7.39. The van der Waals surface area contributed by atoms with Gasteiger partial charge in [-0.15, -0.1) is 0 Å². The number of nitrogens with two attached hydrogens (primary N) is 1. The summed E-state index contributed by atoms with van der Waals surface area (Å²) in [6.07, 6.45) is 8.28. The van der Waals surface area contributed by atoms with Crippen LogP contribution in [0.4, 0.5) is 28.8 Å². The van der Waals surface area contributed by atoms with Gasteiger partial charge in [0.25, 0.3) is 0 Å². The van der Waals surface area contributed by atoms with Gasteiger partial charge in [-0.1, -0.05) is 6.92 Å². The van der Waals surface area contributed by atoms with E-state index in [9.17, 15) is 9.36 Å². The van der Waals surface area contributed by atoms with E-state index in [4.69, 9.17) is 20.2 Å². The Morgan fingerprint density at radius 3 is 2.45 bits per heavy atom. The number of piperazine rings is 1. The number of amides is 1. The minimum absolute atomic E-state index is 0.274. The highest BCUT2D eigenvalue weighted by Crippen LogP contribution is 2.42. The number of fused-ring (bicyclic) bond motifs is 1. The zero-order valence-electron chi connectivity index (χ0n) is 31.0. The molecule has 14 nitrogen and oxygen atoms in total. The molecule has 0 saturated carbocycles. The number of primary amides is 1. The van der Waals surface area contributed by atoms with Gasteiger partial charge in [0.1, 0.15) is 24.2 Å². The van der Waals surface area contributed by atoms with Crippen LogP contribution in [0.3, 0.4) is 0 Å². The minimum Gasteiger partial charge on any atom is -0.494 e. The summed E-state index contributed by atoms with van der Waals surface area (Å²) < 4.78 is 25.6. The third kappa shape index (κ3) is 9.63. The van der Waals surface area contributed by atoms with Crippen molar-refractivity contribution in [2.45, 2.75) is 38.6 Å². The fourth-order valence-electron chi connectivity index (χ4n) is 7.18. The van der Waals surface area contributed by atoms with E-state index in [0.29, 0.717) is 63.3 Å². The molecule has 0 atom stereocenters. The Morgan fingerprint density at radius 2 is 1.75 bits per heavy atom. The summed E-state index contributed by atoms with van der Waals surface area (Å²) in [5.41, 5.74) is 10.3. The van der Waals surface area contributed by atoms with Crippen molar-refractivity contribution in [1.82, 2.24) is 29.7 Å². The fraction of sp³-hybridized carbons (Fsp3) is 0.486. The van der Waals surface area contributed by atoms with Crippen LogP contribution in [0.15, 0.2) is 47.3 Å². The highest BCUT2D eigenvalue weighted by atomic mass is 79.9. The standard InChI is InChI=1S/C37H50BrN10O4P/c1-5-25-22-30(44-37-42-24-27(38)36(45-37)43-29-7-6-28-34(41-12-11-40-28)35(29)53(3,4)50)32(51-2)23-31(25)48-13-8-26(9-14-48)47-17-15-46(16-18-47)19-21-52-20-10-33(39)49/h6-7,11-12,22-24,26H,5,8-10,13-21H2,1-4H3,(H2,39,49)(H2,42,43,44,45). The zero-order valence-corrected chi connectivity index (χ0v) is 33.5. The number of aromatic nitrogens is 4. The average Bonchev–Trinajstić information content (AvgIpc) is 3.15. The van der Waals surface area contributed by atoms with Gasteiger partial charge in [-0.25, -0.2) is 4.98 Å². The molecule has 1 amide bonds. The third-order valence-corrected chi connectivity index (χ3v) is 12.1. The third-order valence-electron chi connectivity index (χ3n) is 9.95. The maximum atomic E-state index is 13.5. The summed E-state index contributed by atoms with van der Waals surface area (Å²) in [4.78, 5) is 36.7. The lowest BCUT2D eigenvalue weighted by Crippen LogP contribution is -2.53. The number of carbonyl (C=O) groups is 1. The second-order valence-corrected chi connectivity index (χ2v) is 17.8. The topological polar surface area (TPSA) is 164 Å². The van der Waals surface area contributed by atoms with E-state index in [2.05, 4.69) is 75.3 Å². The lowest BCUT2D eigenvalue weighted by molar-refractivity contribution is -0.119. The number of halogens is 1. The first-order chi connectivity index (χ1) is 25.5. The van der Waals surface area contributed by atoms with Crippen molar-refractivity contribution in [3.05, 3.63) is 52.9 Å². The molecule has 0 radical (unpaired) electrons. The van der Waals surface area contributed by atoms with Crippen molar-refractivity contribution < 1.29 is 18.8 Å². The summed E-state index contributed by atoms with van der Waals surface area (Å²) in [6.45, 7) is 13.7. The van der Waals surface area contributed by atoms with Crippen LogP contribution in [0.2, 0.25) is 0 Å². The number of hydrogen-bond donors (Lipinski definition) is 3. The van der Waals surface area contributed by atoms with E-state index >= 15 is 0 Å². The van der Waals surface area contributed by atoms with Crippen molar-refractivity contribution >= 4 is 74.1 Å². The number of ether oxygens (including phenoxy) is 2. The Kier molecular flexibility index (Phi) is 12.8. The molecule has 53 heavy (non-hydrogen) atoms. The number of carbonyl (C=O) groups excluding carboxylic acids is 1. The van der Waals surface area contributed by atoms with Crippen LogP contribution in [0.5, 0.6) is 5.75 Å². The van der Waals surface area contributed by atoms with Gasteiger partial charge >= 0.3 is 0 Å². The van der Waals surface area contributed by atoms with Gasteiger partial charge < -0.3 is 35.3 Å². The summed E-state index contributed by atoms with van der Waals surface area (Å²) in [7, 11) is -1.07. The molecule has 2 aromatic carbocycles. The number of rotatable bonds is 15. The Morgan fingerprint density at radius 1 is 1.00 bits per heavy atom. The van der Waals surface area contributed by atoms with Gasteiger partial charge in [-0.3, -0.25) is 24.6 Å². The average molecular weight is 810 g/mol. The lowest BCUT2D eigenvalue weighted by atomic mass is 9.99. The minimum atomic E-state index is -2.76. The van der Waals surface area contributed by atoms with E-state index in [0.717, 1.165) is 70.8 Å². The highest BCUT2D eigenvalue weighted by molar-refractivity contribution is 9.10. The van der Waals surface area contributed by atoms with E-state index in [1.54, 1.807) is 39.0 Å². The van der Waals surface area contributed by atoms with Crippen LogP contribution in [0.1, 0.15) is 31.7 Å². The summed E-state index contributed by atoms with van der Waals surface area (Å²) in [5.74, 6) is 1.29. The summed E-state index contributed by atoms with van der Waals surface area (Å²) >= 11 is 3.59. The Bertz CT molecular complexity index is 1950. The quantitative estimate of drug-likeness (QED) is 0.109. The van der Waals surface area contributed by atoms with Crippen molar-refractivity contribution in [2.24, 2.45) is 5.73 Å². The van der Waals surface area contributed by atoms with Gasteiger partial charge in [0, 0.05) is 88.6 Å². The van der Waals surface area contributed by atoms with E-state index < -0.39 is 7.14 Å². The molecule has 0 spiro atoms. The largest absolute Gasteiger partial charge is 0.494 e. The number of piperidine rings is 1. The van der Waals surface area contributed by atoms with Crippen LogP contribution >= 0.6 is 23.1 Å². The molecule has 16 heteroatoms. The molecule has 0 bridgehead atoms. The molecule has 0 aliphatic carbocycles. The Labute approximate surface area is 319 Å². The molecule has 2 aliphatic heterocycles. The van der Waals surface area contributed by atoms with Crippen molar-refractivity contribution in [3.8, 4) is 5.75 Å². The van der Waals surface area contributed by atoms with Crippen molar-refractivity contribution in [3.63, 3.8) is 0 Å². The maximum Gasteiger partial charge on any atom is 0.229 e. The van der Waals surface area contributed by atoms with Crippen molar-refractivity contribution in [2.75, 3.05) is 95.0 Å². The number of anilines is 5. The molecule has 0 unspecified atom stereocenters. The molecular weight excluding hydrogens is 759 g/mol. The number of nitrogens with one attached hydrogen (secondary N) is 2. The van der Waals surface area contributed by atoms with E-state index in [-0.39, 0.29) is 12.3 Å². The van der Waals surface area contributed by atoms with Crippen LogP contribution in [-0.4, -0.2) is 121 Å². The molecule has 4 aromatic rings. The molecule has 2 fully saturated rings. The molecule has 6 rings (SSSR count). The molecule has 4 N–H and O–H groups in total. The SMILES string of the molecule is CCc1cc(Nc2ncc(Br)c(Nc3ccc4nccnc4c3P(C)(C)=O)n2)c(OC)cc1N1CCC(N2CCN(CCOCCC(N)=O)CC2)CC1. The van der Waals surface area contributed by atoms with Crippen molar-refractivity contribution in [1.29, 1.82) is 0 Å². The van der Waals surface area contributed by atoms with Crippen LogP contribution in [0, 0.1) is 0 Å². The number of hydrogen-bond acceptors (Lipinski definition) is 13. The number of methoxy groups -OCH3 is 1. The van der Waals surface area contributed by atoms with Crippen LogP contribution in [0.25, 0.3) is 11.0 Å². The molecule has 2 aromatic heterocycles. The monoisotopic (exact) mass is 808 g/mol. The summed E-state index contributed by atoms with van der Waals surface area (Å²) in [6, 6.07) is 8.57. The van der Waals surface area contributed by atoms with Gasteiger partial charge in [0.2, 0.25) is 11.9 Å². The maximum absolute atomic E-state index is 13.5. The van der Waals surface area contributed by atoms with Gasteiger partial charge in [-0.05, 0) is 72.3 Å². The van der Waals surface area contributed by atoms with E-state index in [1.165, 1.54) is 11.3 Å². The number of aryl methyl sites for hydroxylation is 1. The fourth-order valence-corrected chi connectivity index (χ4v) is 8.86. The molecule has 284 valence electrons. The Balaban J connectivity index is 1.10. The first kappa shape index (κ1) is 38.8. The second-order valence-electron chi connectivity index (χ2n) is 13.8. The predicted octanol–water partition coefficient (Wildman–Crippen LogP) is 4.97. The first-order valence-electron chi connectivity index (χ1n) is 18.2. The smallest absolute Gasteiger partial charge is 0.229 e. The predicted molar refractivity (Wildman–Crippen MR) is 215 cm³/mol. The lowest BCUT2D eigenvalue weighted by Gasteiger charge is -2.43. The van der Waals surface area contributed by atoms with Gasteiger partial charge in [-0.2, -0.15) is 4.98 Å². The normalized spacial score (nSPS) is 16.2. The highest BCUT2D eigenvalue weighted by Gasteiger charge is 2.29.